The van der Waals surface area contributed by atoms with Crippen LogP contribution in [0.4, 0.5) is 0 Å². The molecule has 0 spiro atoms. The van der Waals surface area contributed by atoms with E-state index in [2.05, 4.69) is 10.2 Å². The molecule has 2 aromatic rings. The van der Waals surface area contributed by atoms with E-state index in [1.807, 2.05) is 0 Å². The van der Waals surface area contributed by atoms with Crippen LogP contribution in [-0.4, -0.2) is 23.1 Å². The zero-order valence-electron chi connectivity index (χ0n) is 11.8. The van der Waals surface area contributed by atoms with Gasteiger partial charge >= 0.3 is 0 Å². The molecular formula is C14H16N2O4. The van der Waals surface area contributed by atoms with Gasteiger partial charge < -0.3 is 13.9 Å². The van der Waals surface area contributed by atoms with Gasteiger partial charge in [-0.2, -0.15) is 0 Å². The van der Waals surface area contributed by atoms with Crippen LogP contribution in [0.1, 0.15) is 42.1 Å². The molecular weight excluding hydrogens is 260 g/mol. The number of ketones is 1. The number of aryl methyl sites for hydroxylation is 1. The molecule has 0 aliphatic carbocycles. The smallest absolute Gasteiger partial charge is 0.256 e. The Hall–Kier alpha value is -2.37. The van der Waals surface area contributed by atoms with Gasteiger partial charge in [-0.15, -0.1) is 10.2 Å². The van der Waals surface area contributed by atoms with Gasteiger partial charge in [-0.05, 0) is 26.0 Å². The summed E-state index contributed by atoms with van der Waals surface area (Å²) in [6, 6.07) is 5.05. The zero-order valence-corrected chi connectivity index (χ0v) is 11.8. The number of Topliss-reactive ketones (excluding diaryl/α,β-unsaturated/α-hetero) is 1. The molecule has 1 aromatic heterocycles. The van der Waals surface area contributed by atoms with Crippen LogP contribution in [0.3, 0.4) is 0 Å². The maximum absolute atomic E-state index is 11.6. The van der Waals surface area contributed by atoms with Gasteiger partial charge in [-0.3, -0.25) is 4.79 Å². The van der Waals surface area contributed by atoms with E-state index in [1.54, 1.807) is 39.2 Å². The van der Waals surface area contributed by atoms with Crippen molar-refractivity contribution in [2.75, 3.05) is 7.11 Å². The van der Waals surface area contributed by atoms with Crippen LogP contribution >= 0.6 is 0 Å². The molecule has 0 bridgehead atoms. The molecule has 2 rings (SSSR count). The quantitative estimate of drug-likeness (QED) is 0.782. The normalized spacial score (nSPS) is 12.0. The highest BCUT2D eigenvalue weighted by Crippen LogP contribution is 2.29. The minimum atomic E-state index is -0.457. The van der Waals surface area contributed by atoms with Crippen molar-refractivity contribution in [1.29, 1.82) is 0 Å². The van der Waals surface area contributed by atoms with E-state index in [-0.39, 0.29) is 5.78 Å². The third-order valence-electron chi connectivity index (χ3n) is 2.76. The van der Waals surface area contributed by atoms with Crippen molar-refractivity contribution >= 4 is 5.78 Å². The molecule has 1 aromatic carbocycles. The third kappa shape index (κ3) is 2.96. The Bertz CT molecular complexity index is 621. The summed E-state index contributed by atoms with van der Waals surface area (Å²) < 4.78 is 16.2. The molecule has 0 saturated heterocycles. The SMILES string of the molecule is COc1ccc(C(C)=O)c(O[C@@H](C)c2nnc(C)o2)c1. The van der Waals surface area contributed by atoms with E-state index in [0.29, 0.717) is 28.8 Å². The minimum absolute atomic E-state index is 0.0865. The van der Waals surface area contributed by atoms with E-state index in [0.717, 1.165) is 0 Å². The van der Waals surface area contributed by atoms with Crippen molar-refractivity contribution in [2.24, 2.45) is 0 Å². The molecule has 106 valence electrons. The fourth-order valence-electron chi connectivity index (χ4n) is 1.73. The Morgan fingerprint density at radius 2 is 2.10 bits per heavy atom. The van der Waals surface area contributed by atoms with Crippen LogP contribution in [-0.2, 0) is 0 Å². The minimum Gasteiger partial charge on any atom is -0.497 e. The zero-order chi connectivity index (χ0) is 14.7. The van der Waals surface area contributed by atoms with Gasteiger partial charge in [-0.25, -0.2) is 0 Å². The van der Waals surface area contributed by atoms with Crippen LogP contribution < -0.4 is 9.47 Å². The molecule has 6 heteroatoms. The summed E-state index contributed by atoms with van der Waals surface area (Å²) in [5, 5.41) is 7.65. The van der Waals surface area contributed by atoms with E-state index in [4.69, 9.17) is 13.9 Å². The Balaban J connectivity index is 2.29. The first-order valence-electron chi connectivity index (χ1n) is 6.17. The summed E-state index contributed by atoms with van der Waals surface area (Å²) in [5.41, 5.74) is 0.480. The van der Waals surface area contributed by atoms with Crippen LogP contribution in [0.2, 0.25) is 0 Å². The summed E-state index contributed by atoms with van der Waals surface area (Å²) in [6.45, 7) is 4.96. The topological polar surface area (TPSA) is 74.5 Å². The number of hydrogen-bond acceptors (Lipinski definition) is 6. The second-order valence-corrected chi connectivity index (χ2v) is 4.34. The van der Waals surface area contributed by atoms with E-state index < -0.39 is 6.10 Å². The number of nitrogens with zero attached hydrogens (tertiary/aromatic N) is 2. The first-order valence-corrected chi connectivity index (χ1v) is 6.17. The lowest BCUT2D eigenvalue weighted by atomic mass is 10.1. The van der Waals surface area contributed by atoms with Crippen molar-refractivity contribution in [2.45, 2.75) is 26.9 Å². The highest BCUT2D eigenvalue weighted by Gasteiger charge is 2.18. The number of methoxy groups -OCH3 is 1. The third-order valence-corrected chi connectivity index (χ3v) is 2.76. The van der Waals surface area contributed by atoms with Crippen molar-refractivity contribution in [3.05, 3.63) is 35.5 Å². The lowest BCUT2D eigenvalue weighted by Crippen LogP contribution is -2.07. The molecule has 20 heavy (non-hydrogen) atoms. The molecule has 0 aliphatic heterocycles. The van der Waals surface area contributed by atoms with Gasteiger partial charge in [0.2, 0.25) is 5.89 Å². The summed E-state index contributed by atoms with van der Waals surface area (Å²) in [5.74, 6) is 1.78. The standard InChI is InChI=1S/C14H16N2O4/c1-8(17)12-6-5-11(18-4)7-13(12)19-9(2)14-16-15-10(3)20-14/h5-7,9H,1-4H3/t9-/m0/s1. The van der Waals surface area contributed by atoms with Gasteiger partial charge in [0, 0.05) is 13.0 Å². The van der Waals surface area contributed by atoms with Crippen molar-refractivity contribution < 1.29 is 18.7 Å². The molecule has 0 aliphatic rings. The van der Waals surface area contributed by atoms with Gasteiger partial charge in [0.05, 0.1) is 12.7 Å². The molecule has 0 amide bonds. The van der Waals surface area contributed by atoms with Gasteiger partial charge in [0.1, 0.15) is 11.5 Å². The summed E-state index contributed by atoms with van der Waals surface area (Å²) in [4.78, 5) is 11.6. The average Bonchev–Trinajstić information content (AvgIpc) is 2.85. The van der Waals surface area contributed by atoms with Crippen LogP contribution in [0.25, 0.3) is 0 Å². The number of hydrogen-bond donors (Lipinski definition) is 0. The first kappa shape index (κ1) is 14.0. The largest absolute Gasteiger partial charge is 0.497 e. The molecule has 1 atom stereocenters. The lowest BCUT2D eigenvalue weighted by Gasteiger charge is -2.14. The van der Waals surface area contributed by atoms with E-state index in [1.165, 1.54) is 6.92 Å². The molecule has 0 saturated carbocycles. The molecule has 0 radical (unpaired) electrons. The van der Waals surface area contributed by atoms with Crippen molar-refractivity contribution in [1.82, 2.24) is 10.2 Å². The van der Waals surface area contributed by atoms with Crippen LogP contribution in [0.5, 0.6) is 11.5 Å². The first-order chi connectivity index (χ1) is 9.51. The summed E-state index contributed by atoms with van der Waals surface area (Å²) in [6.07, 6.45) is -0.457. The van der Waals surface area contributed by atoms with Crippen LogP contribution in [0, 0.1) is 6.92 Å². The fraction of sp³-hybridized carbons (Fsp3) is 0.357. The maximum Gasteiger partial charge on any atom is 0.256 e. The number of rotatable bonds is 5. The van der Waals surface area contributed by atoms with Crippen LogP contribution in [0.15, 0.2) is 22.6 Å². The Morgan fingerprint density at radius 3 is 2.65 bits per heavy atom. The van der Waals surface area contributed by atoms with Crippen molar-refractivity contribution in [3.63, 3.8) is 0 Å². The van der Waals surface area contributed by atoms with Gasteiger partial charge in [0.25, 0.3) is 5.89 Å². The molecule has 0 unspecified atom stereocenters. The Morgan fingerprint density at radius 1 is 1.35 bits per heavy atom. The molecule has 6 nitrogen and oxygen atoms in total. The Labute approximate surface area is 116 Å². The van der Waals surface area contributed by atoms with Gasteiger partial charge in [-0.1, -0.05) is 0 Å². The Kier molecular flexibility index (Phi) is 4.02. The lowest BCUT2D eigenvalue weighted by molar-refractivity contribution is 0.100. The predicted molar refractivity (Wildman–Crippen MR) is 71.1 cm³/mol. The maximum atomic E-state index is 11.6. The number of ether oxygens (including phenoxy) is 2. The number of benzene rings is 1. The molecule has 0 fully saturated rings. The monoisotopic (exact) mass is 276 g/mol. The molecule has 0 N–H and O–H groups in total. The second kappa shape index (κ2) is 5.73. The average molecular weight is 276 g/mol. The van der Waals surface area contributed by atoms with E-state index >= 15 is 0 Å². The highest BCUT2D eigenvalue weighted by atomic mass is 16.5. The highest BCUT2D eigenvalue weighted by molar-refractivity contribution is 5.97. The number of aromatic nitrogens is 2. The number of carbonyl (C=O) groups excluding carboxylic acids is 1. The summed E-state index contributed by atoms with van der Waals surface area (Å²) >= 11 is 0. The van der Waals surface area contributed by atoms with E-state index in [9.17, 15) is 4.79 Å². The fourth-order valence-corrected chi connectivity index (χ4v) is 1.73. The number of carbonyl (C=O) groups is 1. The summed E-state index contributed by atoms with van der Waals surface area (Å²) in [7, 11) is 1.55. The molecule has 1 heterocycles. The second-order valence-electron chi connectivity index (χ2n) is 4.34. The van der Waals surface area contributed by atoms with Gasteiger partial charge in [0.15, 0.2) is 11.9 Å². The van der Waals surface area contributed by atoms with Crippen molar-refractivity contribution in [3.8, 4) is 11.5 Å². The predicted octanol–water partition coefficient (Wildman–Crippen LogP) is 2.73.